The van der Waals surface area contributed by atoms with Crippen molar-refractivity contribution in [2.45, 2.75) is 0 Å². The van der Waals surface area contributed by atoms with Crippen molar-refractivity contribution in [3.05, 3.63) is 78.9 Å². The van der Waals surface area contributed by atoms with E-state index >= 15 is 0 Å². The third kappa shape index (κ3) is 1.93. The molecule has 0 saturated carbocycles. The van der Waals surface area contributed by atoms with E-state index in [9.17, 15) is 0 Å². The van der Waals surface area contributed by atoms with Crippen LogP contribution in [-0.2, 0) is 0 Å². The van der Waals surface area contributed by atoms with Crippen molar-refractivity contribution in [3.8, 4) is 11.1 Å². The highest BCUT2D eigenvalue weighted by Gasteiger charge is 1.99. The number of hydrogen-bond acceptors (Lipinski definition) is 0. The molecule has 18 heavy (non-hydrogen) atoms. The molecule has 3 aromatic carbocycles. The average molecular weight is 229 g/mol. The van der Waals surface area contributed by atoms with Crippen LogP contribution in [0, 0.1) is 6.58 Å². The maximum atomic E-state index is 5.56. The van der Waals surface area contributed by atoms with Crippen LogP contribution < -0.4 is 0 Å². The van der Waals surface area contributed by atoms with E-state index in [1.54, 1.807) is 6.08 Å². The molecular formula is C18H13. The molecule has 0 fully saturated rings. The quantitative estimate of drug-likeness (QED) is 0.583. The molecule has 3 rings (SSSR count). The molecule has 0 spiro atoms. The van der Waals surface area contributed by atoms with Gasteiger partial charge in [-0.15, -0.1) is 0 Å². The summed E-state index contributed by atoms with van der Waals surface area (Å²) in [6.45, 7) is 5.56. The summed E-state index contributed by atoms with van der Waals surface area (Å²) in [7, 11) is 0. The first-order chi connectivity index (χ1) is 8.86. The fourth-order valence-corrected chi connectivity index (χ4v) is 2.19. The highest BCUT2D eigenvalue weighted by atomic mass is 14.0. The molecule has 1 radical (unpaired) electrons. The Morgan fingerprint density at radius 1 is 0.667 bits per heavy atom. The number of benzene rings is 3. The normalized spacial score (nSPS) is 10.4. The van der Waals surface area contributed by atoms with E-state index in [2.05, 4.69) is 54.6 Å². The zero-order valence-corrected chi connectivity index (χ0v) is 10.0. The van der Waals surface area contributed by atoms with Crippen LogP contribution in [0.1, 0.15) is 5.56 Å². The van der Waals surface area contributed by atoms with Gasteiger partial charge < -0.3 is 0 Å². The Balaban J connectivity index is 2.15. The van der Waals surface area contributed by atoms with E-state index in [1.165, 1.54) is 21.9 Å². The first kappa shape index (κ1) is 10.8. The van der Waals surface area contributed by atoms with Gasteiger partial charge in [0.2, 0.25) is 0 Å². The number of fused-ring (bicyclic) bond motifs is 1. The lowest BCUT2D eigenvalue weighted by Crippen LogP contribution is -1.80. The highest BCUT2D eigenvalue weighted by molar-refractivity contribution is 5.87. The summed E-state index contributed by atoms with van der Waals surface area (Å²) < 4.78 is 0. The van der Waals surface area contributed by atoms with Crippen LogP contribution in [0.5, 0.6) is 0 Å². The summed E-state index contributed by atoms with van der Waals surface area (Å²) in [6.07, 6.45) is 1.63. The molecular weight excluding hydrogens is 216 g/mol. The van der Waals surface area contributed by atoms with Gasteiger partial charge in [0.25, 0.3) is 0 Å². The van der Waals surface area contributed by atoms with E-state index in [1.807, 2.05) is 12.1 Å². The Morgan fingerprint density at radius 2 is 1.44 bits per heavy atom. The Labute approximate surface area is 107 Å². The Bertz CT molecular complexity index is 708. The van der Waals surface area contributed by atoms with Gasteiger partial charge in [0.1, 0.15) is 0 Å². The van der Waals surface area contributed by atoms with Gasteiger partial charge >= 0.3 is 0 Å². The maximum Gasteiger partial charge on any atom is -0.0177 e. The number of hydrogen-bond donors (Lipinski definition) is 0. The minimum Gasteiger partial charge on any atom is -0.0617 e. The lowest BCUT2D eigenvalue weighted by Gasteiger charge is -2.05. The first-order valence-corrected chi connectivity index (χ1v) is 6.01. The molecule has 0 aliphatic rings. The molecule has 0 nitrogen and oxygen atoms in total. The van der Waals surface area contributed by atoms with Gasteiger partial charge in [-0.3, -0.25) is 0 Å². The van der Waals surface area contributed by atoms with Crippen LogP contribution in [0.2, 0.25) is 0 Å². The predicted molar refractivity (Wildman–Crippen MR) is 78.1 cm³/mol. The van der Waals surface area contributed by atoms with Crippen LogP contribution in [0.3, 0.4) is 0 Å². The van der Waals surface area contributed by atoms with Gasteiger partial charge in [-0.2, -0.15) is 0 Å². The molecule has 0 heterocycles. The van der Waals surface area contributed by atoms with Crippen LogP contribution in [0.25, 0.3) is 28.0 Å². The second-order valence-electron chi connectivity index (χ2n) is 4.35. The first-order valence-electron chi connectivity index (χ1n) is 6.01. The summed E-state index contributed by atoms with van der Waals surface area (Å²) in [5.74, 6) is 0. The molecule has 0 aliphatic heterocycles. The monoisotopic (exact) mass is 229 g/mol. The van der Waals surface area contributed by atoms with Crippen LogP contribution in [-0.4, -0.2) is 0 Å². The molecule has 0 amide bonds. The molecule has 0 aliphatic carbocycles. The van der Waals surface area contributed by atoms with Crippen molar-refractivity contribution < 1.29 is 0 Å². The molecule has 0 N–H and O–H groups in total. The van der Waals surface area contributed by atoms with Crippen molar-refractivity contribution in [2.75, 3.05) is 0 Å². The van der Waals surface area contributed by atoms with Crippen LogP contribution in [0.15, 0.2) is 66.7 Å². The maximum absolute atomic E-state index is 5.56. The molecule has 0 unspecified atom stereocenters. The molecule has 3 aromatic rings. The summed E-state index contributed by atoms with van der Waals surface area (Å²) in [4.78, 5) is 0. The Hall–Kier alpha value is -2.34. The van der Waals surface area contributed by atoms with Gasteiger partial charge in [-0.05, 0) is 39.6 Å². The Morgan fingerprint density at radius 3 is 2.28 bits per heavy atom. The zero-order chi connectivity index (χ0) is 12.4. The fraction of sp³-hybridized carbons (Fsp3) is 0. The second-order valence-corrected chi connectivity index (χ2v) is 4.35. The standard InChI is InChI=1S/C18H13/c1-2-14-6-5-9-16(12-14)18-11-10-15-7-3-4-8-17(15)13-18/h1-13H. The smallest absolute Gasteiger partial charge is 0.0177 e. The summed E-state index contributed by atoms with van der Waals surface area (Å²) in [6, 6.07) is 23.2. The van der Waals surface area contributed by atoms with Crippen molar-refractivity contribution in [1.29, 1.82) is 0 Å². The Kier molecular flexibility index (Phi) is 2.70. The lowest BCUT2D eigenvalue weighted by molar-refractivity contribution is 1.62. The molecule has 0 heteroatoms. The average Bonchev–Trinajstić information content (AvgIpc) is 2.47. The van der Waals surface area contributed by atoms with Crippen molar-refractivity contribution in [2.24, 2.45) is 0 Å². The predicted octanol–water partition coefficient (Wildman–Crippen LogP) is 4.95. The second kappa shape index (κ2) is 4.50. The lowest BCUT2D eigenvalue weighted by atomic mass is 10.00. The third-order valence-corrected chi connectivity index (χ3v) is 3.16. The number of rotatable bonds is 2. The minimum atomic E-state index is 1.04. The van der Waals surface area contributed by atoms with Crippen molar-refractivity contribution in [3.63, 3.8) is 0 Å². The highest BCUT2D eigenvalue weighted by Crippen LogP contribution is 2.25. The van der Waals surface area contributed by atoms with Crippen LogP contribution in [0.4, 0.5) is 0 Å². The van der Waals surface area contributed by atoms with Crippen molar-refractivity contribution in [1.82, 2.24) is 0 Å². The largest absolute Gasteiger partial charge is 0.0617 e. The summed E-state index contributed by atoms with van der Waals surface area (Å²) in [5.41, 5.74) is 3.46. The van der Waals surface area contributed by atoms with Gasteiger partial charge in [-0.25, -0.2) is 0 Å². The van der Waals surface area contributed by atoms with E-state index < -0.39 is 0 Å². The van der Waals surface area contributed by atoms with Crippen LogP contribution >= 0.6 is 0 Å². The van der Waals surface area contributed by atoms with Crippen molar-refractivity contribution >= 4 is 16.8 Å². The molecule has 0 atom stereocenters. The SMILES string of the molecule is [CH]=Cc1cccc(-c2ccc3ccccc3c2)c1. The van der Waals surface area contributed by atoms with Gasteiger partial charge in [-0.1, -0.05) is 67.3 Å². The zero-order valence-electron chi connectivity index (χ0n) is 10.0. The van der Waals surface area contributed by atoms with Gasteiger partial charge in [0, 0.05) is 0 Å². The van der Waals surface area contributed by atoms with Gasteiger partial charge in [0.05, 0.1) is 0 Å². The van der Waals surface area contributed by atoms with E-state index in [4.69, 9.17) is 6.58 Å². The molecule has 0 bridgehead atoms. The van der Waals surface area contributed by atoms with E-state index in [0.717, 1.165) is 5.56 Å². The summed E-state index contributed by atoms with van der Waals surface area (Å²) in [5, 5.41) is 2.53. The molecule has 85 valence electrons. The molecule has 0 saturated heterocycles. The topological polar surface area (TPSA) is 0 Å². The molecule has 0 aromatic heterocycles. The van der Waals surface area contributed by atoms with E-state index in [-0.39, 0.29) is 0 Å². The van der Waals surface area contributed by atoms with Gasteiger partial charge in [0.15, 0.2) is 0 Å². The minimum absolute atomic E-state index is 1.04. The third-order valence-electron chi connectivity index (χ3n) is 3.16. The van der Waals surface area contributed by atoms with E-state index in [0.29, 0.717) is 0 Å². The summed E-state index contributed by atoms with van der Waals surface area (Å²) >= 11 is 0. The fourth-order valence-electron chi connectivity index (χ4n) is 2.19.